The minimum absolute atomic E-state index is 0.0474. The average Bonchev–Trinajstić information content (AvgIpc) is 2.64. The van der Waals surface area contributed by atoms with Gasteiger partial charge in [-0.2, -0.15) is 0 Å². The molecule has 0 spiro atoms. The Bertz CT molecular complexity index is 908. The van der Waals surface area contributed by atoms with Crippen molar-refractivity contribution in [3.63, 3.8) is 0 Å². The topological polar surface area (TPSA) is 67.9 Å². The Labute approximate surface area is 193 Å². The van der Waals surface area contributed by atoms with Crippen molar-refractivity contribution < 1.29 is 19.1 Å². The summed E-state index contributed by atoms with van der Waals surface area (Å²) in [5.41, 5.74) is 1.41. The molecule has 0 saturated carbocycles. The van der Waals surface area contributed by atoms with Gasteiger partial charge in [0.05, 0.1) is 28.7 Å². The fourth-order valence-electron chi connectivity index (χ4n) is 2.81. The predicted molar refractivity (Wildman–Crippen MR) is 124 cm³/mol. The molecule has 0 bridgehead atoms. The Morgan fingerprint density at radius 3 is 2.29 bits per heavy atom. The van der Waals surface area contributed by atoms with Crippen LogP contribution in [0.4, 0.5) is 16.2 Å². The smallest absolute Gasteiger partial charge is 0.410 e. The number of hydrogen-bond donors (Lipinski definition) is 1. The first-order valence-corrected chi connectivity index (χ1v) is 10.6. The number of hydrogen-bond acceptors (Lipinski definition) is 5. The second-order valence-electron chi connectivity index (χ2n) is 8.22. The summed E-state index contributed by atoms with van der Waals surface area (Å²) < 4.78 is 10.8. The maximum Gasteiger partial charge on any atom is 0.410 e. The zero-order valence-corrected chi connectivity index (χ0v) is 19.9. The van der Waals surface area contributed by atoms with Crippen molar-refractivity contribution in [1.29, 1.82) is 0 Å². The van der Waals surface area contributed by atoms with Crippen molar-refractivity contribution >= 4 is 46.6 Å². The molecule has 0 aromatic heterocycles. The van der Waals surface area contributed by atoms with E-state index in [-0.39, 0.29) is 13.0 Å². The number of benzene rings is 2. The first-order valence-electron chi connectivity index (χ1n) is 9.89. The number of carbonyl (C=O) groups excluding carboxylic acids is 2. The molecule has 2 aromatic rings. The molecule has 0 aliphatic rings. The van der Waals surface area contributed by atoms with E-state index in [1.807, 2.05) is 24.3 Å². The highest BCUT2D eigenvalue weighted by Gasteiger charge is 2.22. The van der Waals surface area contributed by atoms with E-state index in [9.17, 15) is 9.59 Å². The standard InChI is InChI=1S/C23H28Cl2N2O4/c1-15(14-27(5)22(29)31-23(2,3)4)30-20(28)13-16-9-6-7-12-19(16)26-21-17(24)10-8-11-18(21)25/h6-12,15,26H,13-14H2,1-5H3. The third-order valence-electron chi connectivity index (χ3n) is 4.14. The summed E-state index contributed by atoms with van der Waals surface area (Å²) in [5, 5.41) is 4.15. The molecule has 0 aliphatic heterocycles. The SMILES string of the molecule is CC(CN(C)C(=O)OC(C)(C)C)OC(=O)Cc1ccccc1Nc1c(Cl)cccc1Cl. The van der Waals surface area contributed by atoms with Gasteiger partial charge in [-0.05, 0) is 51.5 Å². The molecule has 0 aliphatic carbocycles. The Kier molecular flexibility index (Phi) is 8.60. The van der Waals surface area contributed by atoms with Crippen molar-refractivity contribution in [1.82, 2.24) is 4.90 Å². The number of ether oxygens (including phenoxy) is 2. The van der Waals surface area contributed by atoms with Crippen molar-refractivity contribution in [3.8, 4) is 0 Å². The summed E-state index contributed by atoms with van der Waals surface area (Å²) in [6.45, 7) is 7.33. The Morgan fingerprint density at radius 2 is 1.68 bits per heavy atom. The van der Waals surface area contributed by atoms with Gasteiger partial charge in [0.15, 0.2) is 0 Å². The lowest BCUT2D eigenvalue weighted by Crippen LogP contribution is -2.39. The average molecular weight is 467 g/mol. The summed E-state index contributed by atoms with van der Waals surface area (Å²) in [6.07, 6.45) is -0.920. The minimum atomic E-state index is -0.591. The highest BCUT2D eigenvalue weighted by Crippen LogP contribution is 2.33. The Morgan fingerprint density at radius 1 is 1.06 bits per heavy atom. The van der Waals surface area contributed by atoms with Crippen LogP contribution < -0.4 is 5.32 Å². The van der Waals surface area contributed by atoms with Crippen LogP contribution in [-0.2, 0) is 20.7 Å². The van der Waals surface area contributed by atoms with Crippen LogP contribution in [0, 0.1) is 0 Å². The number of likely N-dealkylation sites (N-methyl/N-ethyl adjacent to an activating group) is 1. The van der Waals surface area contributed by atoms with E-state index in [1.54, 1.807) is 52.9 Å². The number of nitrogens with zero attached hydrogens (tertiary/aromatic N) is 1. The molecule has 8 heteroatoms. The normalized spacial score (nSPS) is 12.1. The quantitative estimate of drug-likeness (QED) is 0.500. The number of amides is 1. The molecule has 1 amide bonds. The third kappa shape index (κ3) is 7.96. The predicted octanol–water partition coefficient (Wildman–Crippen LogP) is 6.08. The van der Waals surface area contributed by atoms with Crippen LogP contribution in [-0.4, -0.2) is 42.3 Å². The highest BCUT2D eigenvalue weighted by molar-refractivity contribution is 6.39. The van der Waals surface area contributed by atoms with Crippen LogP contribution in [0.1, 0.15) is 33.3 Å². The van der Waals surface area contributed by atoms with Gasteiger partial charge in [0, 0.05) is 12.7 Å². The zero-order valence-electron chi connectivity index (χ0n) is 18.4. The van der Waals surface area contributed by atoms with E-state index in [2.05, 4.69) is 5.32 Å². The lowest BCUT2D eigenvalue weighted by molar-refractivity contribution is -0.148. The number of para-hydroxylation sites is 2. The lowest BCUT2D eigenvalue weighted by atomic mass is 10.1. The van der Waals surface area contributed by atoms with Crippen LogP contribution in [0.5, 0.6) is 0 Å². The Hall–Kier alpha value is -2.44. The van der Waals surface area contributed by atoms with Crippen molar-refractivity contribution in [2.24, 2.45) is 0 Å². The molecule has 2 rings (SSSR count). The molecule has 168 valence electrons. The molecule has 6 nitrogen and oxygen atoms in total. The number of esters is 1. The van der Waals surface area contributed by atoms with Gasteiger partial charge in [-0.3, -0.25) is 4.79 Å². The molecule has 1 atom stereocenters. The van der Waals surface area contributed by atoms with Gasteiger partial charge in [0.25, 0.3) is 0 Å². The van der Waals surface area contributed by atoms with Gasteiger partial charge >= 0.3 is 12.1 Å². The monoisotopic (exact) mass is 466 g/mol. The number of carbonyl (C=O) groups is 2. The van der Waals surface area contributed by atoms with Gasteiger partial charge in [0.1, 0.15) is 11.7 Å². The van der Waals surface area contributed by atoms with Gasteiger partial charge in [-0.1, -0.05) is 47.5 Å². The van der Waals surface area contributed by atoms with Crippen LogP contribution in [0.3, 0.4) is 0 Å². The lowest BCUT2D eigenvalue weighted by Gasteiger charge is -2.26. The van der Waals surface area contributed by atoms with Gasteiger partial charge < -0.3 is 19.7 Å². The van der Waals surface area contributed by atoms with Gasteiger partial charge in [-0.15, -0.1) is 0 Å². The molecule has 1 N–H and O–H groups in total. The van der Waals surface area contributed by atoms with E-state index in [0.717, 1.165) is 5.56 Å². The highest BCUT2D eigenvalue weighted by atomic mass is 35.5. The van der Waals surface area contributed by atoms with Crippen molar-refractivity contribution in [2.45, 2.75) is 45.8 Å². The summed E-state index contributed by atoms with van der Waals surface area (Å²) in [4.78, 5) is 26.0. The molecular formula is C23H28Cl2N2O4. The summed E-state index contributed by atoms with van der Waals surface area (Å²) >= 11 is 12.5. The molecule has 0 heterocycles. The van der Waals surface area contributed by atoms with Gasteiger partial charge in [0.2, 0.25) is 0 Å². The maximum atomic E-state index is 12.5. The zero-order chi connectivity index (χ0) is 23.2. The fraction of sp³-hybridized carbons (Fsp3) is 0.391. The third-order valence-corrected chi connectivity index (χ3v) is 4.77. The van der Waals surface area contributed by atoms with E-state index in [4.69, 9.17) is 32.7 Å². The molecule has 0 radical (unpaired) electrons. The summed E-state index contributed by atoms with van der Waals surface area (Å²) in [6, 6.07) is 12.6. The second kappa shape index (κ2) is 10.7. The first-order chi connectivity index (χ1) is 14.5. The van der Waals surface area contributed by atoms with E-state index in [1.165, 1.54) is 4.90 Å². The summed E-state index contributed by atoms with van der Waals surface area (Å²) in [5.74, 6) is -0.412. The van der Waals surface area contributed by atoms with Crippen LogP contribution in [0.25, 0.3) is 0 Å². The molecule has 1 unspecified atom stereocenters. The van der Waals surface area contributed by atoms with E-state index < -0.39 is 23.8 Å². The molecule has 0 fully saturated rings. The summed E-state index contributed by atoms with van der Waals surface area (Å²) in [7, 11) is 1.60. The second-order valence-corrected chi connectivity index (χ2v) is 9.03. The number of rotatable bonds is 7. The molecule has 31 heavy (non-hydrogen) atoms. The number of anilines is 2. The van der Waals surface area contributed by atoms with Crippen LogP contribution >= 0.6 is 23.2 Å². The van der Waals surface area contributed by atoms with Crippen molar-refractivity contribution in [2.75, 3.05) is 18.9 Å². The number of nitrogens with one attached hydrogen (secondary N) is 1. The molecule has 2 aromatic carbocycles. The Balaban J connectivity index is 1.99. The molecular weight excluding hydrogens is 439 g/mol. The van der Waals surface area contributed by atoms with E-state index in [0.29, 0.717) is 21.4 Å². The minimum Gasteiger partial charge on any atom is -0.461 e. The van der Waals surface area contributed by atoms with Crippen LogP contribution in [0.15, 0.2) is 42.5 Å². The maximum absolute atomic E-state index is 12.5. The number of halogens is 2. The van der Waals surface area contributed by atoms with Crippen molar-refractivity contribution in [3.05, 3.63) is 58.1 Å². The van der Waals surface area contributed by atoms with Gasteiger partial charge in [-0.25, -0.2) is 4.79 Å². The molecule has 0 saturated heterocycles. The van der Waals surface area contributed by atoms with E-state index >= 15 is 0 Å². The fourth-order valence-corrected chi connectivity index (χ4v) is 3.30. The largest absolute Gasteiger partial charge is 0.461 e. The van der Waals surface area contributed by atoms with Crippen LogP contribution in [0.2, 0.25) is 10.0 Å². The first kappa shape index (κ1) is 24.8.